The van der Waals surface area contributed by atoms with Crippen LogP contribution in [-0.4, -0.2) is 41.4 Å². The Hall–Kier alpha value is -3.34. The van der Waals surface area contributed by atoms with Gasteiger partial charge in [0.05, 0.1) is 49.2 Å². The minimum atomic E-state index is -4.53. The molecule has 2 aromatic heterocycles. The van der Waals surface area contributed by atoms with Gasteiger partial charge in [0.1, 0.15) is 17.5 Å². The van der Waals surface area contributed by atoms with Crippen LogP contribution in [0.15, 0.2) is 24.3 Å². The normalized spacial score (nSPS) is 14.7. The summed E-state index contributed by atoms with van der Waals surface area (Å²) in [5, 5.41) is 3.79. The van der Waals surface area contributed by atoms with E-state index in [0.717, 1.165) is 31.4 Å². The third-order valence-electron chi connectivity index (χ3n) is 5.51. The molecule has 0 radical (unpaired) electrons. The number of pyridine rings is 1. The van der Waals surface area contributed by atoms with Gasteiger partial charge in [-0.25, -0.2) is 15.0 Å². The molecule has 0 unspecified atom stereocenters. The Balaban J connectivity index is 1.59. The minimum absolute atomic E-state index is 0.141. The molecule has 0 spiro atoms. The molecule has 1 fully saturated rings. The molecule has 35 heavy (non-hydrogen) atoms. The highest BCUT2D eigenvalue weighted by Gasteiger charge is 2.32. The third kappa shape index (κ3) is 6.21. The fourth-order valence-electron chi connectivity index (χ4n) is 3.60. The summed E-state index contributed by atoms with van der Waals surface area (Å²) in [4.78, 5) is 13.0. The molecule has 0 saturated heterocycles. The maximum atomic E-state index is 13.2. The summed E-state index contributed by atoms with van der Waals surface area (Å²) >= 11 is 0. The second-order valence-electron chi connectivity index (χ2n) is 8.48. The molecule has 1 aromatic carbocycles. The number of hydrogen-bond donors (Lipinski definition) is 2. The van der Waals surface area contributed by atoms with Crippen molar-refractivity contribution in [1.82, 2.24) is 15.0 Å². The van der Waals surface area contributed by atoms with Gasteiger partial charge in [-0.2, -0.15) is 13.2 Å². The first-order valence-electron chi connectivity index (χ1n) is 11.4. The largest absolute Gasteiger partial charge is 0.493 e. The lowest BCUT2D eigenvalue weighted by molar-refractivity contribution is -0.137. The van der Waals surface area contributed by atoms with E-state index < -0.39 is 17.8 Å². The van der Waals surface area contributed by atoms with Gasteiger partial charge in [-0.05, 0) is 44.9 Å². The van der Waals surface area contributed by atoms with Gasteiger partial charge in [0.15, 0.2) is 11.5 Å². The van der Waals surface area contributed by atoms with Crippen molar-refractivity contribution in [3.05, 3.63) is 41.3 Å². The Bertz CT molecular complexity index is 1200. The number of halogens is 3. The summed E-state index contributed by atoms with van der Waals surface area (Å²) < 4.78 is 56.8. The topological polar surface area (TPSA) is 104 Å². The molecule has 0 bridgehead atoms. The number of methoxy groups -OCH3 is 1. The van der Waals surface area contributed by atoms with Crippen molar-refractivity contribution in [1.29, 1.82) is 0 Å². The van der Waals surface area contributed by atoms with E-state index in [1.54, 1.807) is 33.1 Å². The predicted octanol–water partition coefficient (Wildman–Crippen LogP) is 5.06. The number of ether oxygens (including phenoxy) is 3. The van der Waals surface area contributed by atoms with Crippen molar-refractivity contribution < 1.29 is 27.4 Å². The number of aryl methyl sites for hydroxylation is 1. The summed E-state index contributed by atoms with van der Waals surface area (Å²) in [6, 6.07) is 4.68. The second kappa shape index (κ2) is 10.1. The molecule has 4 rings (SSSR count). The first-order valence-corrected chi connectivity index (χ1v) is 11.4. The number of nitrogen functional groups attached to an aromatic ring is 1. The highest BCUT2D eigenvalue weighted by Crippen LogP contribution is 2.36. The van der Waals surface area contributed by atoms with E-state index in [-0.39, 0.29) is 11.5 Å². The van der Waals surface area contributed by atoms with E-state index in [0.29, 0.717) is 53.4 Å². The lowest BCUT2D eigenvalue weighted by Gasteiger charge is -2.19. The lowest BCUT2D eigenvalue weighted by Crippen LogP contribution is -2.14. The highest BCUT2D eigenvalue weighted by atomic mass is 19.4. The highest BCUT2D eigenvalue weighted by molar-refractivity contribution is 5.92. The molecule has 3 N–H and O–H groups in total. The molecular weight excluding hydrogens is 463 g/mol. The third-order valence-corrected chi connectivity index (χ3v) is 5.51. The average Bonchev–Trinajstić information content (AvgIpc) is 3.62. The van der Waals surface area contributed by atoms with Crippen molar-refractivity contribution >= 4 is 22.5 Å². The maximum absolute atomic E-state index is 13.2. The number of nitrogens with two attached hydrogens (primary N) is 1. The zero-order chi connectivity index (χ0) is 25.2. The van der Waals surface area contributed by atoms with Gasteiger partial charge in [-0.15, -0.1) is 0 Å². The van der Waals surface area contributed by atoms with Crippen LogP contribution in [0.1, 0.15) is 49.3 Å². The van der Waals surface area contributed by atoms with E-state index in [2.05, 4.69) is 20.3 Å². The molecule has 11 heteroatoms. The minimum Gasteiger partial charge on any atom is -0.493 e. The van der Waals surface area contributed by atoms with Crippen molar-refractivity contribution in [3.8, 4) is 11.5 Å². The fraction of sp³-hybridized carbons (Fsp3) is 0.458. The molecule has 3 aromatic rings. The van der Waals surface area contributed by atoms with E-state index >= 15 is 0 Å². The quantitative estimate of drug-likeness (QED) is 0.379. The van der Waals surface area contributed by atoms with Crippen LogP contribution in [0.4, 0.5) is 24.8 Å². The molecule has 188 valence electrons. The molecule has 1 saturated carbocycles. The van der Waals surface area contributed by atoms with E-state index in [1.165, 1.54) is 0 Å². The molecule has 0 amide bonds. The molecule has 2 heterocycles. The van der Waals surface area contributed by atoms with Crippen LogP contribution >= 0.6 is 0 Å². The smallest absolute Gasteiger partial charge is 0.416 e. The summed E-state index contributed by atoms with van der Waals surface area (Å²) in [6.45, 7) is 4.48. The van der Waals surface area contributed by atoms with Crippen LogP contribution in [0, 0.1) is 6.92 Å². The molecule has 8 nitrogen and oxygen atoms in total. The first kappa shape index (κ1) is 24.8. The summed E-state index contributed by atoms with van der Waals surface area (Å²) in [6.07, 6.45) is -1.17. The van der Waals surface area contributed by atoms with Gasteiger partial charge < -0.3 is 25.3 Å². The first-order chi connectivity index (χ1) is 16.6. The number of fused-ring (bicyclic) bond motifs is 1. The van der Waals surface area contributed by atoms with Crippen molar-refractivity contribution in [2.45, 2.75) is 51.4 Å². The van der Waals surface area contributed by atoms with Crippen LogP contribution in [-0.2, 0) is 10.9 Å². The fourth-order valence-corrected chi connectivity index (χ4v) is 3.60. The SMILES string of the molecule is COc1cc2nc(C)nc(N[C@H](C)c3cc(C(F)(F)F)cc(N)n3)c2cc1OCCCOC1CC1. The molecule has 1 aliphatic rings. The number of aromatic nitrogens is 3. The zero-order valence-electron chi connectivity index (χ0n) is 19.8. The van der Waals surface area contributed by atoms with Crippen LogP contribution in [0.3, 0.4) is 0 Å². The van der Waals surface area contributed by atoms with Crippen LogP contribution in [0.2, 0.25) is 0 Å². The van der Waals surface area contributed by atoms with Crippen molar-refractivity contribution in [3.63, 3.8) is 0 Å². The molecule has 0 aliphatic heterocycles. The number of benzene rings is 1. The predicted molar refractivity (Wildman–Crippen MR) is 126 cm³/mol. The maximum Gasteiger partial charge on any atom is 0.416 e. The molecular formula is C24H28F3N5O3. The standard InChI is InChI=1S/C24H28F3N5O3/c1-13(18-9-15(24(25,26)27)10-22(28)32-18)29-23-17-11-21(35-8-4-7-34-16-5-6-16)20(33-3)12-19(17)30-14(2)31-23/h9-13,16H,4-8H2,1-3H3,(H2,28,32)(H,29,30,31)/t13-/m1/s1. The van der Waals surface area contributed by atoms with Gasteiger partial charge in [0, 0.05) is 17.9 Å². The lowest BCUT2D eigenvalue weighted by atomic mass is 10.1. The summed E-state index contributed by atoms with van der Waals surface area (Å²) in [7, 11) is 1.54. The van der Waals surface area contributed by atoms with Crippen LogP contribution in [0.5, 0.6) is 11.5 Å². The average molecular weight is 492 g/mol. The van der Waals surface area contributed by atoms with Crippen LogP contribution < -0.4 is 20.5 Å². The summed E-state index contributed by atoms with van der Waals surface area (Å²) in [5.41, 5.74) is 5.52. The molecule has 1 atom stereocenters. The number of rotatable bonds is 10. The van der Waals surface area contributed by atoms with Gasteiger partial charge in [0.2, 0.25) is 0 Å². The zero-order valence-corrected chi connectivity index (χ0v) is 19.8. The summed E-state index contributed by atoms with van der Waals surface area (Å²) in [5.74, 6) is 1.73. The van der Waals surface area contributed by atoms with Gasteiger partial charge in [0.25, 0.3) is 0 Å². The van der Waals surface area contributed by atoms with E-state index in [4.69, 9.17) is 19.9 Å². The molecule has 1 aliphatic carbocycles. The number of hydrogen-bond acceptors (Lipinski definition) is 8. The Morgan fingerprint density at radius 1 is 1.09 bits per heavy atom. The number of nitrogens with one attached hydrogen (secondary N) is 1. The van der Waals surface area contributed by atoms with Crippen molar-refractivity contribution in [2.24, 2.45) is 0 Å². The van der Waals surface area contributed by atoms with Gasteiger partial charge in [-0.1, -0.05) is 0 Å². The number of alkyl halides is 3. The number of nitrogens with zero attached hydrogens (tertiary/aromatic N) is 3. The van der Waals surface area contributed by atoms with E-state index in [1.807, 2.05) is 0 Å². The Morgan fingerprint density at radius 3 is 2.54 bits per heavy atom. The Morgan fingerprint density at radius 2 is 1.86 bits per heavy atom. The van der Waals surface area contributed by atoms with Gasteiger partial charge >= 0.3 is 6.18 Å². The van der Waals surface area contributed by atoms with Gasteiger partial charge in [-0.3, -0.25) is 0 Å². The van der Waals surface area contributed by atoms with Crippen molar-refractivity contribution in [2.75, 3.05) is 31.4 Å². The Labute approximate surface area is 201 Å². The Kier molecular flexibility index (Phi) is 7.15. The van der Waals surface area contributed by atoms with E-state index in [9.17, 15) is 13.2 Å². The second-order valence-corrected chi connectivity index (χ2v) is 8.48. The van der Waals surface area contributed by atoms with Crippen LogP contribution in [0.25, 0.3) is 10.9 Å². The number of anilines is 2. The monoisotopic (exact) mass is 491 g/mol.